The fraction of sp³-hybridized carbons (Fsp3) is 0.467. The summed E-state index contributed by atoms with van der Waals surface area (Å²) in [4.78, 5) is 25.0. The molecule has 3 N–H and O–H groups in total. The number of likely N-dealkylation sites (tertiary alicyclic amines) is 1. The number of benzene rings is 1. The number of nitrogens with zero attached hydrogens (tertiary/aromatic N) is 1. The first kappa shape index (κ1) is 15.3. The molecule has 1 heterocycles. The van der Waals surface area contributed by atoms with Crippen molar-refractivity contribution >= 4 is 11.8 Å². The molecule has 1 aromatic carbocycles. The zero-order valence-corrected chi connectivity index (χ0v) is 12.2. The number of ether oxygens (including phenoxy) is 1. The molecule has 0 saturated carbocycles. The highest BCUT2D eigenvalue weighted by Crippen LogP contribution is 2.17. The van der Waals surface area contributed by atoms with E-state index in [0.717, 1.165) is 25.9 Å². The smallest absolute Gasteiger partial charge is 0.260 e. The van der Waals surface area contributed by atoms with Crippen molar-refractivity contribution in [2.45, 2.75) is 18.9 Å². The molecule has 2 amide bonds. The molecule has 1 unspecified atom stereocenters. The van der Waals surface area contributed by atoms with Gasteiger partial charge in [0.05, 0.1) is 0 Å². The van der Waals surface area contributed by atoms with E-state index in [1.54, 1.807) is 24.3 Å². The molecule has 114 valence electrons. The minimum Gasteiger partial charge on any atom is -0.484 e. The Bertz CT molecular complexity index is 501. The van der Waals surface area contributed by atoms with Gasteiger partial charge < -0.3 is 20.7 Å². The lowest BCUT2D eigenvalue weighted by Gasteiger charge is -2.24. The lowest BCUT2D eigenvalue weighted by molar-refractivity contribution is -0.134. The third-order valence-electron chi connectivity index (χ3n) is 3.64. The van der Waals surface area contributed by atoms with Crippen LogP contribution >= 0.6 is 0 Å². The molecule has 1 atom stereocenters. The van der Waals surface area contributed by atoms with E-state index in [-0.39, 0.29) is 18.6 Å². The second kappa shape index (κ2) is 7.08. The zero-order valence-electron chi connectivity index (χ0n) is 12.2. The van der Waals surface area contributed by atoms with Crippen molar-refractivity contribution in [1.29, 1.82) is 0 Å². The first-order chi connectivity index (χ1) is 10.1. The van der Waals surface area contributed by atoms with Gasteiger partial charge in [-0.15, -0.1) is 0 Å². The molecule has 0 aromatic heterocycles. The van der Waals surface area contributed by atoms with Gasteiger partial charge in [0.2, 0.25) is 5.91 Å². The van der Waals surface area contributed by atoms with E-state index in [0.29, 0.717) is 11.3 Å². The molecule has 6 nitrogen and oxygen atoms in total. The Morgan fingerprint density at radius 1 is 1.38 bits per heavy atom. The number of amides is 2. The van der Waals surface area contributed by atoms with Crippen LogP contribution in [0.5, 0.6) is 5.75 Å². The van der Waals surface area contributed by atoms with Crippen LogP contribution in [0.3, 0.4) is 0 Å². The van der Waals surface area contributed by atoms with Crippen molar-refractivity contribution in [3.8, 4) is 5.75 Å². The number of primary amides is 1. The largest absolute Gasteiger partial charge is 0.484 e. The average Bonchev–Trinajstić information content (AvgIpc) is 2.94. The highest BCUT2D eigenvalue weighted by molar-refractivity contribution is 5.92. The van der Waals surface area contributed by atoms with Gasteiger partial charge in [-0.05, 0) is 44.2 Å². The van der Waals surface area contributed by atoms with E-state index in [2.05, 4.69) is 5.32 Å². The van der Waals surface area contributed by atoms with Gasteiger partial charge in [0.15, 0.2) is 6.61 Å². The van der Waals surface area contributed by atoms with Crippen LogP contribution in [0.2, 0.25) is 0 Å². The van der Waals surface area contributed by atoms with Crippen LogP contribution in [0.4, 0.5) is 0 Å². The lowest BCUT2D eigenvalue weighted by atomic mass is 10.2. The minimum absolute atomic E-state index is 0.00766. The highest BCUT2D eigenvalue weighted by atomic mass is 16.5. The molecule has 0 radical (unpaired) electrons. The predicted molar refractivity (Wildman–Crippen MR) is 79.1 cm³/mol. The van der Waals surface area contributed by atoms with E-state index in [1.807, 2.05) is 11.9 Å². The molecule has 0 spiro atoms. The van der Waals surface area contributed by atoms with E-state index in [4.69, 9.17) is 10.5 Å². The van der Waals surface area contributed by atoms with Crippen LogP contribution < -0.4 is 15.8 Å². The Morgan fingerprint density at radius 3 is 2.71 bits per heavy atom. The summed E-state index contributed by atoms with van der Waals surface area (Å²) in [6, 6.07) is 6.71. The van der Waals surface area contributed by atoms with Crippen LogP contribution in [0.15, 0.2) is 24.3 Å². The molecule has 21 heavy (non-hydrogen) atoms. The summed E-state index contributed by atoms with van der Waals surface area (Å²) in [5, 5.41) is 3.11. The molecule has 0 aliphatic carbocycles. The zero-order chi connectivity index (χ0) is 15.2. The Morgan fingerprint density at radius 2 is 2.10 bits per heavy atom. The van der Waals surface area contributed by atoms with Crippen LogP contribution in [-0.4, -0.2) is 49.5 Å². The molecule has 1 aliphatic rings. The van der Waals surface area contributed by atoms with Gasteiger partial charge in [-0.25, -0.2) is 0 Å². The van der Waals surface area contributed by atoms with Crippen LogP contribution in [0.1, 0.15) is 23.2 Å². The normalized spacial score (nSPS) is 17.8. The monoisotopic (exact) mass is 291 g/mol. The number of rotatable bonds is 6. The van der Waals surface area contributed by atoms with Crippen molar-refractivity contribution in [3.05, 3.63) is 29.8 Å². The predicted octanol–water partition coefficient (Wildman–Crippen LogP) is 0.375. The molecule has 0 bridgehead atoms. The van der Waals surface area contributed by atoms with Gasteiger partial charge in [-0.2, -0.15) is 0 Å². The number of nitrogens with one attached hydrogen (secondary N) is 1. The molecular weight excluding hydrogens is 270 g/mol. The molecule has 1 fully saturated rings. The van der Waals surface area contributed by atoms with Gasteiger partial charge in [-0.3, -0.25) is 9.59 Å². The first-order valence-electron chi connectivity index (χ1n) is 7.08. The van der Waals surface area contributed by atoms with E-state index >= 15 is 0 Å². The Balaban J connectivity index is 1.87. The van der Waals surface area contributed by atoms with E-state index < -0.39 is 5.91 Å². The second-order valence-electron chi connectivity index (χ2n) is 5.12. The van der Waals surface area contributed by atoms with E-state index in [1.165, 1.54) is 0 Å². The Hall–Kier alpha value is -2.08. The van der Waals surface area contributed by atoms with E-state index in [9.17, 15) is 9.59 Å². The summed E-state index contributed by atoms with van der Waals surface area (Å²) >= 11 is 0. The molecule has 6 heteroatoms. The van der Waals surface area contributed by atoms with Crippen molar-refractivity contribution < 1.29 is 14.3 Å². The fourth-order valence-electron chi connectivity index (χ4n) is 2.56. The topological polar surface area (TPSA) is 84.7 Å². The van der Waals surface area contributed by atoms with Gasteiger partial charge in [0, 0.05) is 24.7 Å². The molecule has 1 aliphatic heterocycles. The second-order valence-corrected chi connectivity index (χ2v) is 5.12. The maximum Gasteiger partial charge on any atom is 0.260 e. The molecule has 1 saturated heterocycles. The quantitative estimate of drug-likeness (QED) is 0.793. The molecule has 2 rings (SSSR count). The number of carbonyl (C=O) groups excluding carboxylic acids is 2. The highest BCUT2D eigenvalue weighted by Gasteiger charge is 2.28. The summed E-state index contributed by atoms with van der Waals surface area (Å²) in [5.41, 5.74) is 5.58. The van der Waals surface area contributed by atoms with Gasteiger partial charge >= 0.3 is 0 Å². The third kappa shape index (κ3) is 3.95. The lowest BCUT2D eigenvalue weighted by Crippen LogP contribution is -2.43. The average molecular weight is 291 g/mol. The van der Waals surface area contributed by atoms with Crippen molar-refractivity contribution in [2.75, 3.05) is 26.7 Å². The first-order valence-corrected chi connectivity index (χ1v) is 7.08. The third-order valence-corrected chi connectivity index (χ3v) is 3.64. The van der Waals surface area contributed by atoms with Crippen LogP contribution in [-0.2, 0) is 4.79 Å². The van der Waals surface area contributed by atoms with Crippen LogP contribution in [0, 0.1) is 0 Å². The SMILES string of the molecule is CNCC1CCCN1C(=O)COc1ccc(C(N)=O)cc1. The Kier molecular flexibility index (Phi) is 5.16. The number of hydrogen-bond donors (Lipinski definition) is 2. The maximum absolute atomic E-state index is 12.2. The van der Waals surface area contributed by atoms with Crippen molar-refractivity contribution in [1.82, 2.24) is 10.2 Å². The van der Waals surface area contributed by atoms with Crippen molar-refractivity contribution in [3.63, 3.8) is 0 Å². The minimum atomic E-state index is -0.482. The molecule has 1 aromatic rings. The summed E-state index contributed by atoms with van der Waals surface area (Å²) in [7, 11) is 1.89. The number of nitrogens with two attached hydrogens (primary N) is 1. The fourth-order valence-corrected chi connectivity index (χ4v) is 2.56. The standard InChI is InChI=1S/C15H21N3O3/c1-17-9-12-3-2-8-18(12)14(19)10-21-13-6-4-11(5-7-13)15(16)20/h4-7,12,17H,2-3,8-10H2,1H3,(H2,16,20). The summed E-state index contributed by atoms with van der Waals surface area (Å²) < 4.78 is 5.48. The van der Waals surface area contributed by atoms with Crippen LogP contribution in [0.25, 0.3) is 0 Å². The Labute approximate surface area is 124 Å². The number of carbonyl (C=O) groups is 2. The maximum atomic E-state index is 12.2. The summed E-state index contributed by atoms with van der Waals surface area (Å²) in [6.07, 6.45) is 2.06. The summed E-state index contributed by atoms with van der Waals surface area (Å²) in [5.74, 6) is 0.0639. The number of likely N-dealkylation sites (N-methyl/N-ethyl adjacent to an activating group) is 1. The van der Waals surface area contributed by atoms with Crippen molar-refractivity contribution in [2.24, 2.45) is 5.73 Å². The molecular formula is C15H21N3O3. The number of hydrogen-bond acceptors (Lipinski definition) is 4. The summed E-state index contributed by atoms with van der Waals surface area (Å²) in [6.45, 7) is 1.60. The van der Waals surface area contributed by atoms with Gasteiger partial charge in [-0.1, -0.05) is 0 Å². The van der Waals surface area contributed by atoms with Gasteiger partial charge in [0.25, 0.3) is 5.91 Å². The van der Waals surface area contributed by atoms with Gasteiger partial charge in [0.1, 0.15) is 5.75 Å².